The first-order chi connectivity index (χ1) is 12.3. The summed E-state index contributed by atoms with van der Waals surface area (Å²) in [6.07, 6.45) is 0. The van der Waals surface area contributed by atoms with E-state index in [1.54, 1.807) is 23.9 Å². The number of para-hydroxylation sites is 2. The van der Waals surface area contributed by atoms with E-state index in [2.05, 4.69) is 44.0 Å². The highest BCUT2D eigenvalue weighted by Gasteiger charge is 2.81. The number of hydrogen-bond acceptors (Lipinski definition) is 2. The highest BCUT2D eigenvalue weighted by atomic mass is 79.9. The maximum absolute atomic E-state index is 13.4. The van der Waals surface area contributed by atoms with Crippen molar-refractivity contribution in [3.8, 4) is 0 Å². The average molecular weight is 476 g/mol. The van der Waals surface area contributed by atoms with Crippen LogP contribution in [0.5, 0.6) is 0 Å². The third kappa shape index (κ3) is 1.54. The Morgan fingerprint density at radius 1 is 0.731 bits per heavy atom. The standard InChI is InChI=1S/C20H16Br2N2O2/c1-23-13-9-5-3-7-11(13)15-16-12-8-4-6-10-14(12)24(2)18(26)20(16,22)19(15,21)17(23)25/h3-10,15-16H,1-2H3. The predicted octanol–water partition coefficient (Wildman–Crippen LogP) is 3.79. The summed E-state index contributed by atoms with van der Waals surface area (Å²) in [6.45, 7) is 0. The van der Waals surface area contributed by atoms with Gasteiger partial charge >= 0.3 is 0 Å². The van der Waals surface area contributed by atoms with Crippen molar-refractivity contribution in [1.82, 2.24) is 0 Å². The van der Waals surface area contributed by atoms with Crippen molar-refractivity contribution >= 4 is 55.0 Å². The maximum atomic E-state index is 13.4. The third-order valence-corrected chi connectivity index (χ3v) is 9.67. The van der Waals surface area contributed by atoms with E-state index in [0.717, 1.165) is 22.5 Å². The monoisotopic (exact) mass is 474 g/mol. The Bertz CT molecular complexity index is 914. The number of nitrogens with zero attached hydrogens (tertiary/aromatic N) is 2. The second kappa shape index (κ2) is 4.98. The van der Waals surface area contributed by atoms with Crippen molar-refractivity contribution in [1.29, 1.82) is 0 Å². The molecule has 132 valence electrons. The van der Waals surface area contributed by atoms with Gasteiger partial charge in [-0.2, -0.15) is 0 Å². The molecule has 2 heterocycles. The molecule has 0 saturated heterocycles. The van der Waals surface area contributed by atoms with Crippen molar-refractivity contribution in [2.45, 2.75) is 20.5 Å². The molecule has 1 aliphatic carbocycles. The van der Waals surface area contributed by atoms with Crippen LogP contribution in [0.3, 0.4) is 0 Å². The molecule has 4 nitrogen and oxygen atoms in total. The normalized spacial score (nSPS) is 34.5. The molecule has 4 unspecified atom stereocenters. The van der Waals surface area contributed by atoms with Gasteiger partial charge in [0.05, 0.1) is 0 Å². The van der Waals surface area contributed by atoms with E-state index in [9.17, 15) is 9.59 Å². The van der Waals surface area contributed by atoms with Gasteiger partial charge in [0.2, 0.25) is 11.8 Å². The van der Waals surface area contributed by atoms with Crippen LogP contribution in [0.4, 0.5) is 11.4 Å². The van der Waals surface area contributed by atoms with E-state index in [1.807, 2.05) is 36.4 Å². The molecule has 2 amide bonds. The number of alkyl halides is 2. The van der Waals surface area contributed by atoms with Gasteiger partial charge in [-0.05, 0) is 23.3 Å². The molecule has 0 spiro atoms. The molecule has 0 radical (unpaired) electrons. The van der Waals surface area contributed by atoms with E-state index in [0.29, 0.717) is 0 Å². The Morgan fingerprint density at radius 2 is 1.08 bits per heavy atom. The number of rotatable bonds is 0. The highest BCUT2D eigenvalue weighted by molar-refractivity contribution is 9.13. The number of anilines is 2. The van der Waals surface area contributed by atoms with Crippen molar-refractivity contribution in [3.05, 3.63) is 59.7 Å². The largest absolute Gasteiger partial charge is 0.314 e. The van der Waals surface area contributed by atoms with Gasteiger partial charge in [0, 0.05) is 37.3 Å². The van der Waals surface area contributed by atoms with Gasteiger partial charge in [-0.3, -0.25) is 9.59 Å². The second-order valence-electron chi connectivity index (χ2n) is 7.22. The van der Waals surface area contributed by atoms with Crippen LogP contribution in [0, 0.1) is 0 Å². The molecule has 0 N–H and O–H groups in total. The SMILES string of the molecule is CN1C(=O)C2(Br)C(c3ccccc31)C1c3ccccc3N(C)C(=O)C12Br. The van der Waals surface area contributed by atoms with Gasteiger partial charge in [-0.15, -0.1) is 0 Å². The number of carbonyl (C=O) groups excluding carboxylic acids is 2. The smallest absolute Gasteiger partial charge is 0.246 e. The molecule has 1 saturated carbocycles. The van der Waals surface area contributed by atoms with Gasteiger partial charge in [-0.25, -0.2) is 0 Å². The molecule has 1 fully saturated rings. The quantitative estimate of drug-likeness (QED) is 0.544. The lowest BCUT2D eigenvalue weighted by Crippen LogP contribution is -2.79. The molecule has 26 heavy (non-hydrogen) atoms. The summed E-state index contributed by atoms with van der Waals surface area (Å²) in [6, 6.07) is 15.9. The number of fused-ring (bicyclic) bond motifs is 8. The first-order valence-electron chi connectivity index (χ1n) is 8.47. The summed E-state index contributed by atoms with van der Waals surface area (Å²) < 4.78 is -2.01. The zero-order valence-electron chi connectivity index (χ0n) is 14.2. The minimum Gasteiger partial charge on any atom is -0.314 e. The first-order valence-corrected chi connectivity index (χ1v) is 10.1. The molecular weight excluding hydrogens is 460 g/mol. The number of carbonyl (C=O) groups is 2. The van der Waals surface area contributed by atoms with E-state index in [1.165, 1.54) is 0 Å². The number of halogens is 2. The number of amides is 2. The van der Waals surface area contributed by atoms with Crippen molar-refractivity contribution < 1.29 is 9.59 Å². The van der Waals surface area contributed by atoms with Crippen LogP contribution in [-0.4, -0.2) is 34.6 Å². The molecular formula is C20H16Br2N2O2. The Kier molecular flexibility index (Phi) is 3.17. The lowest BCUT2D eigenvalue weighted by atomic mass is 9.48. The fourth-order valence-electron chi connectivity index (χ4n) is 5.00. The lowest BCUT2D eigenvalue weighted by molar-refractivity contribution is -0.135. The Morgan fingerprint density at radius 3 is 1.46 bits per heavy atom. The van der Waals surface area contributed by atoms with E-state index >= 15 is 0 Å². The zero-order chi connectivity index (χ0) is 18.4. The maximum Gasteiger partial charge on any atom is 0.246 e. The van der Waals surface area contributed by atoms with Crippen LogP contribution in [-0.2, 0) is 9.59 Å². The van der Waals surface area contributed by atoms with Crippen LogP contribution in [0.1, 0.15) is 23.0 Å². The van der Waals surface area contributed by atoms with Gasteiger partial charge in [0.25, 0.3) is 0 Å². The summed E-state index contributed by atoms with van der Waals surface area (Å²) in [5, 5.41) is 0. The average Bonchev–Trinajstić information content (AvgIpc) is 2.66. The predicted molar refractivity (Wildman–Crippen MR) is 109 cm³/mol. The molecule has 3 aliphatic rings. The Hall–Kier alpha value is -1.66. The molecule has 2 aromatic rings. The second-order valence-corrected chi connectivity index (χ2v) is 9.73. The molecule has 4 atom stereocenters. The summed E-state index contributed by atoms with van der Waals surface area (Å²) in [4.78, 5) is 30.1. The molecule has 0 bridgehead atoms. The molecule has 2 aromatic carbocycles. The van der Waals surface area contributed by atoms with Crippen LogP contribution in [0.2, 0.25) is 0 Å². The number of hydrogen-bond donors (Lipinski definition) is 0. The van der Waals surface area contributed by atoms with Gasteiger partial charge < -0.3 is 9.80 Å². The molecule has 6 heteroatoms. The van der Waals surface area contributed by atoms with E-state index in [4.69, 9.17) is 0 Å². The molecule has 0 aromatic heterocycles. The summed E-state index contributed by atoms with van der Waals surface area (Å²) in [5.74, 6) is -0.396. The van der Waals surface area contributed by atoms with Gasteiger partial charge in [0.15, 0.2) is 0 Å². The molecule has 2 aliphatic heterocycles. The summed E-state index contributed by atoms with van der Waals surface area (Å²) in [7, 11) is 3.55. The fourth-order valence-corrected chi connectivity index (χ4v) is 7.39. The third-order valence-electron chi connectivity index (χ3n) is 6.22. The minimum atomic E-state index is -1.01. The van der Waals surface area contributed by atoms with Crippen LogP contribution in [0.25, 0.3) is 0 Å². The highest BCUT2D eigenvalue weighted by Crippen LogP contribution is 2.75. The van der Waals surface area contributed by atoms with Crippen molar-refractivity contribution in [3.63, 3.8) is 0 Å². The minimum absolute atomic E-state index is 0.0875. The van der Waals surface area contributed by atoms with Crippen molar-refractivity contribution in [2.75, 3.05) is 23.9 Å². The Labute approximate surface area is 168 Å². The van der Waals surface area contributed by atoms with Crippen LogP contribution >= 0.6 is 31.9 Å². The van der Waals surface area contributed by atoms with Gasteiger partial charge in [-0.1, -0.05) is 68.3 Å². The van der Waals surface area contributed by atoms with Crippen LogP contribution < -0.4 is 9.80 Å². The van der Waals surface area contributed by atoms with Crippen LogP contribution in [0.15, 0.2) is 48.5 Å². The molecule has 5 rings (SSSR count). The van der Waals surface area contributed by atoms with Crippen molar-refractivity contribution in [2.24, 2.45) is 0 Å². The first kappa shape index (κ1) is 16.5. The Balaban J connectivity index is 1.83. The summed E-state index contributed by atoms with van der Waals surface area (Å²) >= 11 is 7.50. The van der Waals surface area contributed by atoms with E-state index < -0.39 is 8.65 Å². The topological polar surface area (TPSA) is 40.6 Å². The lowest BCUT2D eigenvalue weighted by Gasteiger charge is -2.67. The van der Waals surface area contributed by atoms with Gasteiger partial charge in [0.1, 0.15) is 8.65 Å². The zero-order valence-corrected chi connectivity index (χ0v) is 17.4. The fraction of sp³-hybridized carbons (Fsp3) is 0.300. The number of benzene rings is 2. The van der Waals surface area contributed by atoms with E-state index in [-0.39, 0.29) is 23.7 Å². The summed E-state index contributed by atoms with van der Waals surface area (Å²) in [5.41, 5.74) is 4.02.